The van der Waals surface area contributed by atoms with Gasteiger partial charge in [-0.1, -0.05) is 40.2 Å². The first-order chi connectivity index (χ1) is 15.1. The van der Waals surface area contributed by atoms with Crippen LogP contribution in [0.5, 0.6) is 5.75 Å². The van der Waals surface area contributed by atoms with Crippen LogP contribution < -0.4 is 15.8 Å². The van der Waals surface area contributed by atoms with Crippen molar-refractivity contribution in [1.82, 2.24) is 10.0 Å². The van der Waals surface area contributed by atoms with Gasteiger partial charge in [-0.3, -0.25) is 4.79 Å². The lowest BCUT2D eigenvalue weighted by Crippen LogP contribution is -2.38. The average molecular weight is 466 g/mol. The number of alkyl halides is 3. The Morgan fingerprint density at radius 3 is 2.21 bits per heavy atom. The third kappa shape index (κ3) is 7.74. The fraction of sp³-hybridized carbons (Fsp3) is 0.520. The van der Waals surface area contributed by atoms with Crippen LogP contribution >= 0.6 is 0 Å². The van der Waals surface area contributed by atoms with Crippen molar-refractivity contribution in [2.24, 2.45) is 4.99 Å². The number of aryl methyl sites for hydroxylation is 1. The Morgan fingerprint density at radius 2 is 1.67 bits per heavy atom. The number of carbonyl (C=O) groups excluding carboxylic acids is 1. The Kier molecular flexibility index (Phi) is 8.17. The van der Waals surface area contributed by atoms with E-state index in [0.29, 0.717) is 12.0 Å². The van der Waals surface area contributed by atoms with E-state index in [9.17, 15) is 18.0 Å². The molecule has 1 aromatic carbocycles. The number of carbonyl (C=O) groups is 1. The highest BCUT2D eigenvalue weighted by Crippen LogP contribution is 2.33. The second kappa shape index (κ2) is 10.1. The molecule has 0 saturated carbocycles. The van der Waals surface area contributed by atoms with Gasteiger partial charge in [0.1, 0.15) is 5.49 Å². The van der Waals surface area contributed by atoms with Gasteiger partial charge in [-0.15, -0.1) is 0 Å². The zero-order valence-electron chi connectivity index (χ0n) is 20.4. The normalized spacial score (nSPS) is 13.3. The number of pyridine rings is 1. The SMILES string of the molecule is CCCCn1cc(C(C)(C)C)ccc1=NC(=O)c1cc(C(F)(F)F)ccc1ONC(C)(C)C. The van der Waals surface area contributed by atoms with Gasteiger partial charge in [-0.25, -0.2) is 0 Å². The fourth-order valence-electron chi connectivity index (χ4n) is 2.92. The van der Waals surface area contributed by atoms with Crippen molar-refractivity contribution in [1.29, 1.82) is 0 Å². The highest BCUT2D eigenvalue weighted by atomic mass is 19.4. The number of hydrogen-bond donors (Lipinski definition) is 1. The van der Waals surface area contributed by atoms with Crippen LogP contribution in [0.1, 0.15) is 82.8 Å². The Hall–Kier alpha value is -2.61. The molecule has 0 spiro atoms. The molecule has 1 heterocycles. The lowest BCUT2D eigenvalue weighted by molar-refractivity contribution is -0.137. The summed E-state index contributed by atoms with van der Waals surface area (Å²) in [5, 5.41) is 0. The van der Waals surface area contributed by atoms with Gasteiger partial charge in [-0.05, 0) is 62.4 Å². The van der Waals surface area contributed by atoms with Gasteiger partial charge in [0.15, 0.2) is 5.75 Å². The molecular weight excluding hydrogens is 431 g/mol. The maximum atomic E-state index is 13.3. The van der Waals surface area contributed by atoms with Gasteiger partial charge in [0, 0.05) is 18.3 Å². The topological polar surface area (TPSA) is 55.6 Å². The van der Waals surface area contributed by atoms with Crippen molar-refractivity contribution in [3.8, 4) is 5.75 Å². The number of benzene rings is 1. The van der Waals surface area contributed by atoms with E-state index in [0.717, 1.165) is 36.6 Å². The number of hydrogen-bond acceptors (Lipinski definition) is 3. The van der Waals surface area contributed by atoms with Gasteiger partial charge in [0.05, 0.1) is 11.1 Å². The molecule has 2 rings (SSSR count). The molecule has 1 aromatic heterocycles. The van der Waals surface area contributed by atoms with Gasteiger partial charge in [0.25, 0.3) is 5.91 Å². The number of unbranched alkanes of at least 4 members (excludes halogenated alkanes) is 1. The van der Waals surface area contributed by atoms with E-state index in [-0.39, 0.29) is 16.7 Å². The summed E-state index contributed by atoms with van der Waals surface area (Å²) in [5.74, 6) is -0.821. The van der Waals surface area contributed by atoms with Crippen molar-refractivity contribution < 1.29 is 22.8 Å². The van der Waals surface area contributed by atoms with Crippen LogP contribution in [0.25, 0.3) is 0 Å². The summed E-state index contributed by atoms with van der Waals surface area (Å²) in [6, 6.07) is 6.43. The standard InChI is InChI=1S/C25H34F3N3O2/c1-8-9-14-31-16-18(23(2,3)4)11-13-21(31)29-22(32)19-15-17(25(26,27)28)10-12-20(19)33-30-24(5,6)7/h10-13,15-16,30H,8-9,14H2,1-7H3. The molecule has 182 valence electrons. The van der Waals surface area contributed by atoms with Crippen molar-refractivity contribution >= 4 is 5.91 Å². The monoisotopic (exact) mass is 465 g/mol. The van der Waals surface area contributed by atoms with Gasteiger partial charge < -0.3 is 9.40 Å². The Bertz CT molecular complexity index is 1040. The zero-order chi connectivity index (χ0) is 25.0. The number of nitrogens with zero attached hydrogens (tertiary/aromatic N) is 2. The molecule has 0 aliphatic carbocycles. The van der Waals surface area contributed by atoms with Crippen LogP contribution in [-0.2, 0) is 18.1 Å². The Morgan fingerprint density at radius 1 is 1.03 bits per heavy atom. The number of aromatic nitrogens is 1. The van der Waals surface area contributed by atoms with Gasteiger partial charge in [-0.2, -0.15) is 23.6 Å². The van der Waals surface area contributed by atoms with Crippen molar-refractivity contribution in [2.45, 2.75) is 85.0 Å². The summed E-state index contributed by atoms with van der Waals surface area (Å²) in [4.78, 5) is 22.8. The minimum Gasteiger partial charge on any atom is -0.407 e. The van der Waals surface area contributed by atoms with E-state index >= 15 is 0 Å². The molecule has 5 nitrogen and oxygen atoms in total. The van der Waals surface area contributed by atoms with Gasteiger partial charge >= 0.3 is 6.18 Å². The Balaban J connectivity index is 2.58. The highest BCUT2D eigenvalue weighted by molar-refractivity contribution is 5.97. The predicted octanol–water partition coefficient (Wildman–Crippen LogP) is 6.03. The van der Waals surface area contributed by atoms with Crippen LogP contribution in [-0.4, -0.2) is 16.0 Å². The van der Waals surface area contributed by atoms with Crippen LogP contribution in [0.3, 0.4) is 0 Å². The molecule has 2 aromatic rings. The maximum absolute atomic E-state index is 13.3. The van der Waals surface area contributed by atoms with Crippen molar-refractivity contribution in [3.05, 3.63) is 58.7 Å². The molecule has 1 amide bonds. The van der Waals surface area contributed by atoms with Crippen LogP contribution in [0, 0.1) is 0 Å². The second-order valence-corrected chi connectivity index (χ2v) is 10.2. The quantitative estimate of drug-likeness (QED) is 0.530. The summed E-state index contributed by atoms with van der Waals surface area (Å²) < 4.78 is 41.8. The molecule has 1 N–H and O–H groups in total. The summed E-state index contributed by atoms with van der Waals surface area (Å²) in [6.45, 7) is 14.5. The predicted molar refractivity (Wildman–Crippen MR) is 123 cm³/mol. The maximum Gasteiger partial charge on any atom is 0.416 e. The number of hydroxylamine groups is 1. The first-order valence-electron chi connectivity index (χ1n) is 11.1. The molecule has 0 unspecified atom stereocenters. The van der Waals surface area contributed by atoms with Crippen LogP contribution in [0.4, 0.5) is 13.2 Å². The summed E-state index contributed by atoms with van der Waals surface area (Å²) >= 11 is 0. The summed E-state index contributed by atoms with van der Waals surface area (Å²) in [7, 11) is 0. The molecule has 0 bridgehead atoms. The minimum absolute atomic E-state index is 0.0157. The average Bonchev–Trinajstić information content (AvgIpc) is 2.69. The molecular formula is C25H34F3N3O2. The molecule has 0 aliphatic rings. The fourth-order valence-corrected chi connectivity index (χ4v) is 2.92. The summed E-state index contributed by atoms with van der Waals surface area (Å²) in [5.41, 5.74) is 2.41. The van der Waals surface area contributed by atoms with E-state index in [2.05, 4.69) is 38.2 Å². The second-order valence-electron chi connectivity index (χ2n) is 10.2. The molecule has 8 heteroatoms. The number of nitrogens with one attached hydrogen (secondary N) is 1. The Labute approximate surface area is 193 Å². The lowest BCUT2D eigenvalue weighted by atomic mass is 9.88. The molecule has 0 saturated heterocycles. The molecule has 0 radical (unpaired) electrons. The first-order valence-corrected chi connectivity index (χ1v) is 11.1. The number of amides is 1. The summed E-state index contributed by atoms with van der Waals surface area (Å²) in [6.07, 6.45) is -0.820. The van der Waals surface area contributed by atoms with E-state index in [1.54, 1.807) is 6.07 Å². The van der Waals surface area contributed by atoms with E-state index < -0.39 is 23.2 Å². The van der Waals surface area contributed by atoms with Crippen molar-refractivity contribution in [2.75, 3.05) is 0 Å². The number of halogens is 3. The van der Waals surface area contributed by atoms with E-state index in [4.69, 9.17) is 4.84 Å². The molecule has 33 heavy (non-hydrogen) atoms. The first kappa shape index (κ1) is 26.6. The van der Waals surface area contributed by atoms with E-state index in [1.807, 2.05) is 37.6 Å². The highest BCUT2D eigenvalue weighted by Gasteiger charge is 2.32. The molecule has 0 aliphatic heterocycles. The van der Waals surface area contributed by atoms with E-state index in [1.165, 1.54) is 0 Å². The van der Waals surface area contributed by atoms with Crippen LogP contribution in [0.15, 0.2) is 41.5 Å². The smallest absolute Gasteiger partial charge is 0.407 e. The third-order valence-corrected chi connectivity index (χ3v) is 4.84. The van der Waals surface area contributed by atoms with Crippen LogP contribution in [0.2, 0.25) is 0 Å². The minimum atomic E-state index is -4.60. The molecule has 0 atom stereocenters. The van der Waals surface area contributed by atoms with Gasteiger partial charge in [0.2, 0.25) is 0 Å². The third-order valence-electron chi connectivity index (χ3n) is 4.84. The molecule has 0 fully saturated rings. The van der Waals surface area contributed by atoms with Crippen molar-refractivity contribution in [3.63, 3.8) is 0 Å². The zero-order valence-corrected chi connectivity index (χ0v) is 20.4. The lowest BCUT2D eigenvalue weighted by Gasteiger charge is -2.22. The number of rotatable bonds is 6. The largest absolute Gasteiger partial charge is 0.416 e.